The van der Waals surface area contributed by atoms with Crippen molar-refractivity contribution in [3.8, 4) is 22.9 Å². The first-order valence-electron chi connectivity index (χ1n) is 8.15. The van der Waals surface area contributed by atoms with Crippen molar-refractivity contribution in [1.29, 1.82) is 0 Å². The molecule has 8 nitrogen and oxygen atoms in total. The van der Waals surface area contributed by atoms with Gasteiger partial charge in [0.1, 0.15) is 0 Å². The second kappa shape index (κ2) is 7.20. The molecule has 0 bridgehead atoms. The van der Waals surface area contributed by atoms with Crippen molar-refractivity contribution in [1.82, 2.24) is 20.3 Å². The first kappa shape index (κ1) is 16.6. The Balaban J connectivity index is 1.39. The molecule has 2 heterocycles. The summed E-state index contributed by atoms with van der Waals surface area (Å²) < 4.78 is 15.8. The zero-order valence-corrected chi connectivity index (χ0v) is 14.3. The topological polar surface area (TPSA) is 104 Å². The van der Waals surface area contributed by atoms with Crippen LogP contribution in [0.3, 0.4) is 0 Å². The fourth-order valence-corrected chi connectivity index (χ4v) is 2.38. The Morgan fingerprint density at radius 1 is 0.963 bits per heavy atom. The van der Waals surface area contributed by atoms with E-state index < -0.39 is 5.97 Å². The van der Waals surface area contributed by atoms with E-state index in [4.69, 9.17) is 13.7 Å². The van der Waals surface area contributed by atoms with E-state index >= 15 is 0 Å². The van der Waals surface area contributed by atoms with Crippen molar-refractivity contribution in [3.63, 3.8) is 0 Å². The number of esters is 1. The van der Waals surface area contributed by atoms with Crippen LogP contribution in [-0.4, -0.2) is 26.3 Å². The van der Waals surface area contributed by atoms with Crippen LogP contribution in [0.15, 0.2) is 63.5 Å². The average Bonchev–Trinajstić information content (AvgIpc) is 3.36. The van der Waals surface area contributed by atoms with Gasteiger partial charge < -0.3 is 13.7 Å². The smallest absolute Gasteiger partial charge is 0.338 e. The van der Waals surface area contributed by atoms with Crippen LogP contribution in [0, 0.1) is 6.92 Å². The minimum absolute atomic E-state index is 0.108. The molecule has 0 aliphatic rings. The first-order chi connectivity index (χ1) is 13.2. The van der Waals surface area contributed by atoms with Gasteiger partial charge in [-0.25, -0.2) is 4.79 Å². The van der Waals surface area contributed by atoms with Crippen LogP contribution in [-0.2, 0) is 11.3 Å². The van der Waals surface area contributed by atoms with Crippen LogP contribution in [0.1, 0.15) is 22.1 Å². The third-order valence-electron chi connectivity index (χ3n) is 3.71. The Kier molecular flexibility index (Phi) is 4.44. The van der Waals surface area contributed by atoms with Crippen LogP contribution in [0.25, 0.3) is 22.9 Å². The molecular weight excluding hydrogens is 348 g/mol. The van der Waals surface area contributed by atoms with Gasteiger partial charge in [0, 0.05) is 11.1 Å². The van der Waals surface area contributed by atoms with Gasteiger partial charge in [0.2, 0.25) is 5.89 Å². The summed E-state index contributed by atoms with van der Waals surface area (Å²) in [7, 11) is 0. The Hall–Kier alpha value is -3.81. The average molecular weight is 362 g/mol. The number of hydrogen-bond acceptors (Lipinski definition) is 8. The highest BCUT2D eigenvalue weighted by atomic mass is 16.5. The maximum atomic E-state index is 12.2. The maximum absolute atomic E-state index is 12.2. The number of rotatable bonds is 5. The number of aromatic nitrogens is 4. The van der Waals surface area contributed by atoms with Crippen molar-refractivity contribution in [3.05, 3.63) is 71.9 Å². The third-order valence-corrected chi connectivity index (χ3v) is 3.71. The lowest BCUT2D eigenvalue weighted by atomic mass is 10.1. The van der Waals surface area contributed by atoms with Gasteiger partial charge in [-0.2, -0.15) is 4.98 Å². The highest BCUT2D eigenvalue weighted by Crippen LogP contribution is 2.19. The van der Waals surface area contributed by atoms with Crippen molar-refractivity contribution < 1.29 is 18.5 Å². The maximum Gasteiger partial charge on any atom is 0.338 e. The van der Waals surface area contributed by atoms with Gasteiger partial charge >= 0.3 is 5.97 Å². The van der Waals surface area contributed by atoms with Crippen LogP contribution >= 0.6 is 0 Å². The van der Waals surface area contributed by atoms with E-state index in [1.807, 2.05) is 30.3 Å². The summed E-state index contributed by atoms with van der Waals surface area (Å²) in [5.41, 5.74) is 1.91. The molecule has 0 unspecified atom stereocenters. The molecule has 8 heteroatoms. The summed E-state index contributed by atoms with van der Waals surface area (Å²) in [6.45, 7) is 1.63. The predicted octanol–water partition coefficient (Wildman–Crippen LogP) is 3.45. The number of hydrogen-bond donors (Lipinski definition) is 0. The molecule has 0 amide bonds. The number of benzene rings is 2. The van der Waals surface area contributed by atoms with Crippen molar-refractivity contribution in [2.24, 2.45) is 0 Å². The molecule has 0 saturated heterocycles. The highest BCUT2D eigenvalue weighted by Gasteiger charge is 2.13. The lowest BCUT2D eigenvalue weighted by Gasteiger charge is -2.02. The Morgan fingerprint density at radius 3 is 2.41 bits per heavy atom. The largest absolute Gasteiger partial charge is 0.452 e. The van der Waals surface area contributed by atoms with Gasteiger partial charge in [0.25, 0.3) is 11.8 Å². The standard InChI is InChI=1S/C19H14N4O4/c1-12-20-17(27-23-12)14-7-9-15(10-8-14)19(24)25-11-16-21-22-18(26-16)13-5-3-2-4-6-13/h2-10H,11H2,1H3. The molecule has 0 saturated carbocycles. The SMILES string of the molecule is Cc1noc(-c2ccc(C(=O)OCc3nnc(-c4ccccc4)o3)cc2)n1. The van der Waals surface area contributed by atoms with E-state index in [1.165, 1.54) is 0 Å². The normalized spacial score (nSPS) is 10.7. The molecule has 4 rings (SSSR count). The number of ether oxygens (including phenoxy) is 1. The minimum Gasteiger partial charge on any atom is -0.452 e. The monoisotopic (exact) mass is 362 g/mol. The lowest BCUT2D eigenvalue weighted by molar-refractivity contribution is 0.0438. The van der Waals surface area contributed by atoms with Crippen LogP contribution in [0.4, 0.5) is 0 Å². The first-order valence-corrected chi connectivity index (χ1v) is 8.15. The zero-order valence-electron chi connectivity index (χ0n) is 14.3. The van der Waals surface area contributed by atoms with Gasteiger partial charge in [-0.3, -0.25) is 0 Å². The quantitative estimate of drug-likeness (QED) is 0.497. The fraction of sp³-hybridized carbons (Fsp3) is 0.105. The van der Waals surface area contributed by atoms with Gasteiger partial charge in [0.05, 0.1) is 5.56 Å². The zero-order chi connectivity index (χ0) is 18.6. The van der Waals surface area contributed by atoms with Crippen LogP contribution in [0.2, 0.25) is 0 Å². The van der Waals surface area contributed by atoms with Crippen LogP contribution < -0.4 is 0 Å². The second-order valence-corrected chi connectivity index (χ2v) is 5.67. The summed E-state index contributed by atoms with van der Waals surface area (Å²) in [6.07, 6.45) is 0. The summed E-state index contributed by atoms with van der Waals surface area (Å²) >= 11 is 0. The summed E-state index contributed by atoms with van der Waals surface area (Å²) in [5.74, 6) is 1.04. The molecule has 0 spiro atoms. The van der Waals surface area contributed by atoms with Crippen molar-refractivity contribution in [2.75, 3.05) is 0 Å². The van der Waals surface area contributed by atoms with E-state index in [0.717, 1.165) is 11.1 Å². The van der Waals surface area contributed by atoms with Crippen LogP contribution in [0.5, 0.6) is 0 Å². The van der Waals surface area contributed by atoms with E-state index in [2.05, 4.69) is 20.3 Å². The Labute approximate surface area is 153 Å². The number of carbonyl (C=O) groups is 1. The Morgan fingerprint density at radius 2 is 1.70 bits per heavy atom. The van der Waals surface area contributed by atoms with Crippen molar-refractivity contribution in [2.45, 2.75) is 13.5 Å². The molecule has 4 aromatic rings. The van der Waals surface area contributed by atoms with Gasteiger partial charge in [0.15, 0.2) is 12.4 Å². The van der Waals surface area contributed by atoms with E-state index in [0.29, 0.717) is 23.2 Å². The highest BCUT2D eigenvalue weighted by molar-refractivity contribution is 5.89. The number of carbonyl (C=O) groups excluding carboxylic acids is 1. The number of aryl methyl sites for hydroxylation is 1. The van der Waals surface area contributed by atoms with E-state index in [1.54, 1.807) is 31.2 Å². The van der Waals surface area contributed by atoms with Gasteiger partial charge in [-0.15, -0.1) is 10.2 Å². The lowest BCUT2D eigenvalue weighted by Crippen LogP contribution is -2.05. The van der Waals surface area contributed by atoms with Crippen molar-refractivity contribution >= 4 is 5.97 Å². The molecule has 0 aliphatic heterocycles. The molecule has 0 fully saturated rings. The molecule has 2 aromatic carbocycles. The van der Waals surface area contributed by atoms with Gasteiger partial charge in [-0.05, 0) is 43.3 Å². The molecule has 0 radical (unpaired) electrons. The molecule has 2 aromatic heterocycles. The fourth-order valence-electron chi connectivity index (χ4n) is 2.38. The predicted molar refractivity (Wildman–Crippen MR) is 93.3 cm³/mol. The van der Waals surface area contributed by atoms with E-state index in [9.17, 15) is 4.79 Å². The molecule has 27 heavy (non-hydrogen) atoms. The number of nitrogens with zero attached hydrogens (tertiary/aromatic N) is 4. The third kappa shape index (κ3) is 3.74. The van der Waals surface area contributed by atoms with Gasteiger partial charge in [-0.1, -0.05) is 23.4 Å². The summed E-state index contributed by atoms with van der Waals surface area (Å²) in [4.78, 5) is 16.3. The molecule has 0 N–H and O–H groups in total. The Bertz CT molecular complexity index is 1050. The minimum atomic E-state index is -0.497. The molecule has 0 atom stereocenters. The second-order valence-electron chi connectivity index (χ2n) is 5.67. The molecular formula is C19H14N4O4. The van der Waals surface area contributed by atoms with E-state index in [-0.39, 0.29) is 12.5 Å². The molecule has 134 valence electrons. The summed E-state index contributed by atoms with van der Waals surface area (Å²) in [6, 6.07) is 16.0. The molecule has 0 aliphatic carbocycles. The summed E-state index contributed by atoms with van der Waals surface area (Å²) in [5, 5.41) is 11.6.